The van der Waals surface area contributed by atoms with Crippen LogP contribution in [0, 0.1) is 13.8 Å². The number of piperazine rings is 1. The molecule has 1 amide bonds. The maximum absolute atomic E-state index is 13.5. The van der Waals surface area contributed by atoms with E-state index in [-0.39, 0.29) is 5.91 Å². The van der Waals surface area contributed by atoms with Crippen LogP contribution in [0.5, 0.6) is 5.75 Å². The van der Waals surface area contributed by atoms with Gasteiger partial charge < -0.3 is 35.1 Å². The largest absolute Gasteiger partial charge is 0.494 e. The highest BCUT2D eigenvalue weighted by molar-refractivity contribution is 6.06. The number of amides is 1. The highest BCUT2D eigenvalue weighted by Crippen LogP contribution is 2.33. The molecule has 224 valence electrons. The van der Waals surface area contributed by atoms with Crippen LogP contribution in [0.25, 0.3) is 5.82 Å². The van der Waals surface area contributed by atoms with Crippen molar-refractivity contribution < 1.29 is 9.53 Å². The average molecular weight is 583 g/mol. The molecule has 3 N–H and O–H groups in total. The second-order valence-electron chi connectivity index (χ2n) is 11.6. The zero-order chi connectivity index (χ0) is 29.7. The maximum atomic E-state index is 13.5. The number of benzene rings is 1. The second kappa shape index (κ2) is 11.0. The van der Waals surface area contributed by atoms with Crippen LogP contribution in [0.1, 0.15) is 39.0 Å². The number of hydrogen-bond acceptors (Lipinski definition) is 9. The van der Waals surface area contributed by atoms with Gasteiger partial charge in [-0.3, -0.25) is 9.48 Å². The molecule has 0 unspecified atom stereocenters. The summed E-state index contributed by atoms with van der Waals surface area (Å²) < 4.78 is 9.78. The molecular weight excluding hydrogens is 544 g/mol. The fourth-order valence-electron chi connectivity index (χ4n) is 6.21. The zero-order valence-electron chi connectivity index (χ0n) is 25.1. The van der Waals surface area contributed by atoms with Gasteiger partial charge in [0.25, 0.3) is 5.91 Å². The molecule has 43 heavy (non-hydrogen) atoms. The molecule has 2 saturated heterocycles. The lowest BCUT2D eigenvalue weighted by Gasteiger charge is -2.34. The first-order valence-electron chi connectivity index (χ1n) is 14.9. The van der Waals surface area contributed by atoms with Crippen molar-refractivity contribution in [3.8, 4) is 11.6 Å². The fraction of sp³-hybridized carbons (Fsp3) is 0.419. The summed E-state index contributed by atoms with van der Waals surface area (Å²) in [6, 6.07) is 8.41. The topological polar surface area (TPSA) is 117 Å². The number of rotatable bonds is 7. The number of aryl methyl sites for hydroxylation is 2. The predicted molar refractivity (Wildman–Crippen MR) is 166 cm³/mol. The number of aromatic nitrogens is 5. The second-order valence-corrected chi connectivity index (χ2v) is 11.6. The van der Waals surface area contributed by atoms with Crippen LogP contribution >= 0.6 is 0 Å². The Morgan fingerprint density at radius 3 is 2.65 bits per heavy atom. The van der Waals surface area contributed by atoms with E-state index in [4.69, 9.17) is 14.8 Å². The molecule has 0 radical (unpaired) electrons. The minimum absolute atomic E-state index is 0.132. The number of nitrogens with one attached hydrogen (secondary N) is 3. The van der Waals surface area contributed by atoms with Gasteiger partial charge in [-0.1, -0.05) is 0 Å². The lowest BCUT2D eigenvalue weighted by molar-refractivity contribution is 0.102. The van der Waals surface area contributed by atoms with Crippen molar-refractivity contribution in [3.63, 3.8) is 0 Å². The Kier molecular flexibility index (Phi) is 7.02. The lowest BCUT2D eigenvalue weighted by atomic mass is 10.0. The van der Waals surface area contributed by atoms with Crippen LogP contribution in [0.4, 0.5) is 23.0 Å². The number of likely N-dealkylation sites (N-methyl/N-ethyl adjacent to an activating group) is 1. The number of hydrogen-bond donors (Lipinski definition) is 3. The van der Waals surface area contributed by atoms with E-state index in [0.29, 0.717) is 17.6 Å². The van der Waals surface area contributed by atoms with E-state index in [1.807, 2.05) is 47.6 Å². The molecule has 0 aliphatic carbocycles. The number of methoxy groups -OCH3 is 1. The molecule has 0 atom stereocenters. The third kappa shape index (κ3) is 5.00. The van der Waals surface area contributed by atoms with Gasteiger partial charge in [-0.15, -0.1) is 0 Å². The van der Waals surface area contributed by atoms with Crippen LogP contribution in [-0.2, 0) is 12.8 Å². The molecule has 3 aliphatic heterocycles. The summed E-state index contributed by atoms with van der Waals surface area (Å²) in [4.78, 5) is 27.7. The third-order valence-corrected chi connectivity index (χ3v) is 8.91. The molecular formula is C31H38N10O2. The smallest absolute Gasteiger partial charge is 0.257 e. The summed E-state index contributed by atoms with van der Waals surface area (Å²) in [6.45, 7) is 9.80. The van der Waals surface area contributed by atoms with E-state index < -0.39 is 0 Å². The van der Waals surface area contributed by atoms with Gasteiger partial charge in [-0.05, 0) is 51.9 Å². The van der Waals surface area contributed by atoms with Crippen molar-refractivity contribution >= 4 is 28.9 Å². The molecule has 6 heterocycles. The average Bonchev–Trinajstić information content (AvgIpc) is 3.54. The third-order valence-electron chi connectivity index (χ3n) is 8.91. The van der Waals surface area contributed by atoms with E-state index >= 15 is 0 Å². The van der Waals surface area contributed by atoms with Gasteiger partial charge in [0.05, 0.1) is 41.5 Å². The molecule has 3 aliphatic rings. The number of fused-ring (bicyclic) bond motifs is 3. The Bertz CT molecular complexity index is 1680. The highest BCUT2D eigenvalue weighted by atomic mass is 16.5. The van der Waals surface area contributed by atoms with Crippen molar-refractivity contribution in [2.24, 2.45) is 0 Å². The first-order chi connectivity index (χ1) is 20.9. The molecule has 0 spiro atoms. The van der Waals surface area contributed by atoms with Crippen LogP contribution in [0.3, 0.4) is 0 Å². The standard InChI is InChI=1S/C31H38N10O2/c1-19-28(20(2)41(37-19)23-17-32-18-23)35-30(42)24-9-10-40-26(24)8-5-21-16-33-31(36-29(21)40)34-25-7-6-22(15-27(25)43-4)39-13-11-38(3)12-14-39/h6-7,9-10,15-16,23,32H,5,8,11-14,17-18H2,1-4H3,(H,35,42)(H,33,34,36). The van der Waals surface area contributed by atoms with Crippen molar-refractivity contribution in [1.82, 2.24) is 34.5 Å². The van der Waals surface area contributed by atoms with Crippen LogP contribution in [0.15, 0.2) is 36.7 Å². The van der Waals surface area contributed by atoms with Crippen molar-refractivity contribution in [2.45, 2.75) is 32.7 Å². The first kappa shape index (κ1) is 27.4. The SMILES string of the molecule is COc1cc(N2CCN(C)CC2)ccc1Nc1ncc2c(n1)-n1ccc(C(=O)Nc3c(C)nn(C4CNC4)c3C)c1CC2. The van der Waals surface area contributed by atoms with Gasteiger partial charge in [-0.2, -0.15) is 10.1 Å². The van der Waals surface area contributed by atoms with Crippen molar-refractivity contribution in [1.29, 1.82) is 0 Å². The van der Waals surface area contributed by atoms with E-state index in [2.05, 4.69) is 49.9 Å². The molecule has 3 aromatic heterocycles. The fourth-order valence-corrected chi connectivity index (χ4v) is 6.21. The predicted octanol–water partition coefficient (Wildman–Crippen LogP) is 3.08. The molecule has 12 nitrogen and oxygen atoms in total. The van der Waals surface area contributed by atoms with Crippen LogP contribution < -0.4 is 25.6 Å². The molecule has 12 heteroatoms. The van der Waals surface area contributed by atoms with Gasteiger partial charge in [-0.25, -0.2) is 4.98 Å². The van der Waals surface area contributed by atoms with Gasteiger partial charge >= 0.3 is 0 Å². The summed E-state index contributed by atoms with van der Waals surface area (Å²) in [5, 5.41) is 14.5. The van der Waals surface area contributed by atoms with Gasteiger partial charge in [0.1, 0.15) is 11.6 Å². The minimum Gasteiger partial charge on any atom is -0.494 e. The quantitative estimate of drug-likeness (QED) is 0.302. The van der Waals surface area contributed by atoms with Gasteiger partial charge in [0.2, 0.25) is 5.95 Å². The molecule has 2 fully saturated rings. The lowest BCUT2D eigenvalue weighted by Crippen LogP contribution is -2.44. The molecule has 4 aromatic rings. The molecule has 0 bridgehead atoms. The maximum Gasteiger partial charge on any atom is 0.257 e. The highest BCUT2D eigenvalue weighted by Gasteiger charge is 2.27. The van der Waals surface area contributed by atoms with Gasteiger partial charge in [0.15, 0.2) is 0 Å². The Hall–Kier alpha value is -4.42. The zero-order valence-corrected chi connectivity index (χ0v) is 25.1. The van der Waals surface area contributed by atoms with E-state index in [1.54, 1.807) is 7.11 Å². The summed E-state index contributed by atoms with van der Waals surface area (Å²) in [5.41, 5.74) is 7.16. The number of carbonyl (C=O) groups excluding carboxylic acids is 1. The molecule has 0 saturated carbocycles. The Balaban J connectivity index is 1.11. The molecule has 1 aromatic carbocycles. The van der Waals surface area contributed by atoms with E-state index in [0.717, 1.165) is 103 Å². The summed E-state index contributed by atoms with van der Waals surface area (Å²) in [6.07, 6.45) is 5.28. The van der Waals surface area contributed by atoms with Crippen molar-refractivity contribution in [3.05, 3.63) is 64.9 Å². The minimum atomic E-state index is -0.132. The summed E-state index contributed by atoms with van der Waals surface area (Å²) in [7, 11) is 3.83. The van der Waals surface area contributed by atoms with Gasteiger partial charge in [0, 0.05) is 74.7 Å². The molecule has 7 rings (SSSR count). The Labute approximate surface area is 251 Å². The van der Waals surface area contributed by atoms with Crippen molar-refractivity contribution in [2.75, 3.05) is 69.0 Å². The summed E-state index contributed by atoms with van der Waals surface area (Å²) in [5.74, 6) is 1.86. The van der Waals surface area contributed by atoms with E-state index in [9.17, 15) is 4.79 Å². The number of anilines is 4. The Morgan fingerprint density at radius 1 is 1.09 bits per heavy atom. The summed E-state index contributed by atoms with van der Waals surface area (Å²) >= 11 is 0. The Morgan fingerprint density at radius 2 is 1.91 bits per heavy atom. The monoisotopic (exact) mass is 582 g/mol. The van der Waals surface area contributed by atoms with E-state index in [1.165, 1.54) is 0 Å². The van der Waals surface area contributed by atoms with Crippen LogP contribution in [-0.4, -0.2) is 88.5 Å². The number of nitrogens with zero attached hydrogens (tertiary/aromatic N) is 7. The van der Waals surface area contributed by atoms with Crippen LogP contribution in [0.2, 0.25) is 0 Å². The number of ether oxygens (including phenoxy) is 1. The number of carbonyl (C=O) groups is 1. The normalized spacial score (nSPS) is 16.8. The first-order valence-corrected chi connectivity index (χ1v) is 14.9.